The van der Waals surface area contributed by atoms with Gasteiger partial charge in [0.15, 0.2) is 0 Å². The standard InChI is InChI=1S/C17H16BrClN2O2/c1-10-9-12(7-8-14(10)18)21-16(22)11(2)20-17(23)13-5-3-4-6-15(13)19/h3-9,11H,1-2H3,(H,20,23)(H,21,22)/t11-/m1/s1. The number of anilines is 1. The highest BCUT2D eigenvalue weighted by atomic mass is 79.9. The molecular formula is C17H16BrClN2O2. The third-order valence-electron chi connectivity index (χ3n) is 3.28. The molecule has 2 N–H and O–H groups in total. The van der Waals surface area contributed by atoms with Gasteiger partial charge in [0.05, 0.1) is 10.6 Å². The van der Waals surface area contributed by atoms with Gasteiger partial charge >= 0.3 is 0 Å². The number of amides is 2. The third-order valence-corrected chi connectivity index (χ3v) is 4.50. The van der Waals surface area contributed by atoms with E-state index in [-0.39, 0.29) is 11.8 Å². The van der Waals surface area contributed by atoms with Crippen molar-refractivity contribution in [1.29, 1.82) is 0 Å². The summed E-state index contributed by atoms with van der Waals surface area (Å²) in [6.45, 7) is 3.55. The van der Waals surface area contributed by atoms with Gasteiger partial charge in [-0.15, -0.1) is 0 Å². The van der Waals surface area contributed by atoms with Crippen molar-refractivity contribution in [2.45, 2.75) is 19.9 Å². The van der Waals surface area contributed by atoms with Crippen LogP contribution in [0.4, 0.5) is 5.69 Å². The molecule has 6 heteroatoms. The quantitative estimate of drug-likeness (QED) is 0.816. The highest BCUT2D eigenvalue weighted by Crippen LogP contribution is 2.20. The first-order valence-electron chi connectivity index (χ1n) is 7.01. The van der Waals surface area contributed by atoms with Gasteiger partial charge in [-0.2, -0.15) is 0 Å². The molecule has 0 aliphatic carbocycles. The molecule has 0 unspecified atom stereocenters. The van der Waals surface area contributed by atoms with Gasteiger partial charge in [0, 0.05) is 10.2 Å². The smallest absolute Gasteiger partial charge is 0.253 e. The van der Waals surface area contributed by atoms with Gasteiger partial charge in [-0.25, -0.2) is 0 Å². The Morgan fingerprint density at radius 3 is 2.52 bits per heavy atom. The number of halogens is 2. The van der Waals surface area contributed by atoms with Gasteiger partial charge in [0.2, 0.25) is 5.91 Å². The summed E-state index contributed by atoms with van der Waals surface area (Å²) in [4.78, 5) is 24.3. The van der Waals surface area contributed by atoms with E-state index in [4.69, 9.17) is 11.6 Å². The van der Waals surface area contributed by atoms with E-state index in [1.807, 2.05) is 19.1 Å². The van der Waals surface area contributed by atoms with Crippen LogP contribution in [0.3, 0.4) is 0 Å². The summed E-state index contributed by atoms with van der Waals surface area (Å²) < 4.78 is 0.968. The minimum atomic E-state index is -0.692. The predicted molar refractivity (Wildman–Crippen MR) is 95.9 cm³/mol. The van der Waals surface area contributed by atoms with Crippen molar-refractivity contribution < 1.29 is 9.59 Å². The second-order valence-corrected chi connectivity index (χ2v) is 6.39. The Morgan fingerprint density at radius 1 is 1.17 bits per heavy atom. The van der Waals surface area contributed by atoms with Gasteiger partial charge in [-0.05, 0) is 49.7 Å². The minimum Gasteiger partial charge on any atom is -0.340 e. The summed E-state index contributed by atoms with van der Waals surface area (Å²) in [5, 5.41) is 5.76. The summed E-state index contributed by atoms with van der Waals surface area (Å²) in [5.41, 5.74) is 2.03. The van der Waals surface area contributed by atoms with Crippen LogP contribution in [-0.4, -0.2) is 17.9 Å². The van der Waals surface area contributed by atoms with Crippen LogP contribution in [-0.2, 0) is 4.79 Å². The van der Waals surface area contributed by atoms with Gasteiger partial charge in [0.1, 0.15) is 6.04 Å². The molecule has 0 saturated heterocycles. The highest BCUT2D eigenvalue weighted by Gasteiger charge is 2.18. The normalized spacial score (nSPS) is 11.7. The zero-order valence-electron chi connectivity index (χ0n) is 12.7. The number of hydrogen-bond donors (Lipinski definition) is 2. The Bertz CT molecular complexity index is 749. The summed E-state index contributed by atoms with van der Waals surface area (Å²) in [7, 11) is 0. The molecule has 0 saturated carbocycles. The van der Waals surface area contributed by atoms with Crippen LogP contribution < -0.4 is 10.6 Å². The van der Waals surface area contributed by atoms with Crippen LogP contribution >= 0.6 is 27.5 Å². The zero-order valence-corrected chi connectivity index (χ0v) is 15.0. The van der Waals surface area contributed by atoms with E-state index in [1.54, 1.807) is 37.3 Å². The van der Waals surface area contributed by atoms with Crippen LogP contribution in [0.25, 0.3) is 0 Å². The van der Waals surface area contributed by atoms with Crippen LogP contribution in [0.1, 0.15) is 22.8 Å². The van der Waals surface area contributed by atoms with E-state index >= 15 is 0 Å². The molecule has 2 aromatic carbocycles. The van der Waals surface area contributed by atoms with E-state index in [0.717, 1.165) is 10.0 Å². The van der Waals surface area contributed by atoms with Gasteiger partial charge in [-0.1, -0.05) is 39.7 Å². The fourth-order valence-corrected chi connectivity index (χ4v) is 2.43. The number of carbonyl (C=O) groups is 2. The second kappa shape index (κ2) is 7.62. The van der Waals surface area contributed by atoms with Crippen LogP contribution in [0.2, 0.25) is 5.02 Å². The van der Waals surface area contributed by atoms with Crippen molar-refractivity contribution in [2.75, 3.05) is 5.32 Å². The first kappa shape index (κ1) is 17.5. The van der Waals surface area contributed by atoms with Crippen molar-refractivity contribution in [3.63, 3.8) is 0 Å². The summed E-state index contributed by atoms with van der Waals surface area (Å²) in [6, 6.07) is 11.5. The molecular weight excluding hydrogens is 380 g/mol. The van der Waals surface area contributed by atoms with E-state index in [0.29, 0.717) is 16.3 Å². The lowest BCUT2D eigenvalue weighted by Crippen LogP contribution is -2.41. The molecule has 0 aliphatic heterocycles. The molecule has 0 aromatic heterocycles. The molecule has 2 rings (SSSR count). The maximum Gasteiger partial charge on any atom is 0.253 e. The predicted octanol–water partition coefficient (Wildman–Crippen LogP) is 4.17. The van der Waals surface area contributed by atoms with E-state index in [9.17, 15) is 9.59 Å². The number of nitrogens with one attached hydrogen (secondary N) is 2. The summed E-state index contributed by atoms with van der Waals surface area (Å²) in [5.74, 6) is -0.683. The number of aryl methyl sites for hydroxylation is 1. The third kappa shape index (κ3) is 4.56. The molecule has 0 radical (unpaired) electrons. The van der Waals surface area contributed by atoms with Crippen molar-refractivity contribution >= 4 is 45.0 Å². The minimum absolute atomic E-state index is 0.299. The van der Waals surface area contributed by atoms with Crippen molar-refractivity contribution in [3.8, 4) is 0 Å². The largest absolute Gasteiger partial charge is 0.340 e. The van der Waals surface area contributed by atoms with E-state index in [2.05, 4.69) is 26.6 Å². The van der Waals surface area contributed by atoms with Gasteiger partial charge in [-0.3, -0.25) is 9.59 Å². The lowest BCUT2D eigenvalue weighted by molar-refractivity contribution is -0.117. The number of hydrogen-bond acceptors (Lipinski definition) is 2. The molecule has 0 heterocycles. The first-order valence-corrected chi connectivity index (χ1v) is 8.18. The second-order valence-electron chi connectivity index (χ2n) is 5.13. The molecule has 1 atom stereocenters. The lowest BCUT2D eigenvalue weighted by Gasteiger charge is -2.15. The Labute approximate surface area is 148 Å². The molecule has 120 valence electrons. The van der Waals surface area contributed by atoms with E-state index < -0.39 is 6.04 Å². The topological polar surface area (TPSA) is 58.2 Å². The molecule has 0 aliphatic rings. The monoisotopic (exact) mass is 394 g/mol. The number of benzene rings is 2. The Hall–Kier alpha value is -1.85. The van der Waals surface area contributed by atoms with Crippen molar-refractivity contribution in [1.82, 2.24) is 5.32 Å². The van der Waals surface area contributed by atoms with Gasteiger partial charge < -0.3 is 10.6 Å². The van der Waals surface area contributed by atoms with E-state index in [1.165, 1.54) is 0 Å². The maximum absolute atomic E-state index is 12.2. The Kier molecular flexibility index (Phi) is 5.80. The molecule has 0 spiro atoms. The Balaban J connectivity index is 2.01. The Morgan fingerprint density at radius 2 is 1.87 bits per heavy atom. The average Bonchev–Trinajstić information content (AvgIpc) is 2.51. The molecule has 2 amide bonds. The molecule has 0 bridgehead atoms. The lowest BCUT2D eigenvalue weighted by atomic mass is 10.2. The van der Waals surface area contributed by atoms with Gasteiger partial charge in [0.25, 0.3) is 5.91 Å². The fraction of sp³-hybridized carbons (Fsp3) is 0.176. The number of carbonyl (C=O) groups excluding carboxylic acids is 2. The average molecular weight is 396 g/mol. The van der Waals surface area contributed by atoms with Crippen LogP contribution in [0, 0.1) is 6.92 Å². The highest BCUT2D eigenvalue weighted by molar-refractivity contribution is 9.10. The first-order chi connectivity index (χ1) is 10.9. The molecule has 2 aromatic rings. The molecule has 4 nitrogen and oxygen atoms in total. The fourth-order valence-electron chi connectivity index (χ4n) is 1.96. The van der Waals surface area contributed by atoms with Crippen LogP contribution in [0.5, 0.6) is 0 Å². The molecule has 0 fully saturated rings. The maximum atomic E-state index is 12.2. The number of rotatable bonds is 4. The molecule has 23 heavy (non-hydrogen) atoms. The summed E-state index contributed by atoms with van der Waals surface area (Å²) in [6.07, 6.45) is 0. The van der Waals surface area contributed by atoms with Crippen LogP contribution in [0.15, 0.2) is 46.9 Å². The zero-order chi connectivity index (χ0) is 17.0. The summed E-state index contributed by atoms with van der Waals surface area (Å²) >= 11 is 9.39. The SMILES string of the molecule is Cc1cc(NC(=O)[C@@H](C)NC(=O)c2ccccc2Cl)ccc1Br. The van der Waals surface area contributed by atoms with Crippen molar-refractivity contribution in [2.24, 2.45) is 0 Å². The van der Waals surface area contributed by atoms with Crippen molar-refractivity contribution in [3.05, 3.63) is 63.1 Å².